The number of allylic oxidation sites excluding steroid dienone is 10. The van der Waals surface area contributed by atoms with Crippen LogP contribution in [0.5, 0.6) is 0 Å². The van der Waals surface area contributed by atoms with Gasteiger partial charge in [0.2, 0.25) is 0 Å². The number of unbranched alkanes of at least 4 members (excludes halogenated alkanes) is 34. The zero-order valence-electron chi connectivity index (χ0n) is 50.4. The first-order chi connectivity index (χ1) is 37.1. The normalized spacial score (nSPS) is 13.1. The van der Waals surface area contributed by atoms with Gasteiger partial charge in [0.15, 0.2) is 6.10 Å². The van der Waals surface area contributed by atoms with Crippen molar-refractivity contribution in [2.24, 2.45) is 0 Å². The Balaban J connectivity index is 4.13. The quantitative estimate of drug-likeness (QED) is 0.0211. The molecule has 76 heavy (non-hydrogen) atoms. The smallest absolute Gasteiger partial charge is 0.361 e. The number of aliphatic carboxylic acids is 1. The van der Waals surface area contributed by atoms with Crippen molar-refractivity contribution in [2.75, 3.05) is 47.5 Å². The maximum absolute atomic E-state index is 12.9. The second-order valence-electron chi connectivity index (χ2n) is 22.7. The SMILES string of the molecule is CC/C=C\C/C=C\C/C=C\C/C=C\C/C=C\CCCCCCCCCCCCCCCCCC(=O)OC(COC(=O)CCCCCCCCCCCCCCCCCCCCCC)COC(OCC[N+](C)(C)C)C(=O)O. The molecule has 0 aliphatic carbocycles. The maximum atomic E-state index is 12.9. The van der Waals surface area contributed by atoms with Gasteiger partial charge in [0, 0.05) is 12.8 Å². The minimum atomic E-state index is -1.51. The molecule has 0 aliphatic heterocycles. The van der Waals surface area contributed by atoms with Crippen molar-refractivity contribution < 1.29 is 42.9 Å². The van der Waals surface area contributed by atoms with E-state index in [0.717, 1.165) is 70.6 Å². The van der Waals surface area contributed by atoms with Crippen LogP contribution in [0.15, 0.2) is 60.8 Å². The molecule has 0 aliphatic rings. The predicted octanol–water partition coefficient (Wildman–Crippen LogP) is 19.2. The summed E-state index contributed by atoms with van der Waals surface area (Å²) in [6.45, 7) is 4.81. The first-order valence-electron chi connectivity index (χ1n) is 32.0. The first kappa shape index (κ1) is 73.0. The number of carboxylic acids is 1. The van der Waals surface area contributed by atoms with E-state index >= 15 is 0 Å². The highest BCUT2D eigenvalue weighted by atomic mass is 16.7. The minimum absolute atomic E-state index is 0.179. The van der Waals surface area contributed by atoms with E-state index in [-0.39, 0.29) is 32.2 Å². The number of hydrogen-bond donors (Lipinski definition) is 1. The molecule has 0 saturated heterocycles. The molecule has 442 valence electrons. The number of ether oxygens (including phenoxy) is 4. The number of likely N-dealkylation sites (N-methyl/N-ethyl adjacent to an activating group) is 1. The van der Waals surface area contributed by atoms with E-state index in [1.54, 1.807) is 0 Å². The summed E-state index contributed by atoms with van der Waals surface area (Å²) in [5, 5.41) is 9.72. The average Bonchev–Trinajstić information content (AvgIpc) is 3.39. The van der Waals surface area contributed by atoms with E-state index in [1.807, 2.05) is 21.1 Å². The molecule has 0 fully saturated rings. The summed E-state index contributed by atoms with van der Waals surface area (Å²) in [6, 6.07) is 0. The van der Waals surface area contributed by atoms with E-state index in [1.165, 1.54) is 193 Å². The van der Waals surface area contributed by atoms with Gasteiger partial charge in [-0.3, -0.25) is 9.59 Å². The van der Waals surface area contributed by atoms with Gasteiger partial charge < -0.3 is 28.5 Å². The van der Waals surface area contributed by atoms with Crippen LogP contribution < -0.4 is 0 Å². The Kier molecular flexibility index (Phi) is 55.8. The van der Waals surface area contributed by atoms with Gasteiger partial charge in [-0.1, -0.05) is 280 Å². The number of nitrogens with zero attached hydrogens (tertiary/aromatic N) is 1. The van der Waals surface area contributed by atoms with Crippen LogP contribution >= 0.6 is 0 Å². The summed E-state index contributed by atoms with van der Waals surface area (Å²) in [6.07, 6.45) is 71.7. The molecular formula is C67H122NO8+. The lowest BCUT2D eigenvalue weighted by Gasteiger charge is -2.25. The van der Waals surface area contributed by atoms with Gasteiger partial charge in [-0.15, -0.1) is 0 Å². The Morgan fingerprint density at radius 3 is 1.12 bits per heavy atom. The zero-order chi connectivity index (χ0) is 55.5. The van der Waals surface area contributed by atoms with Gasteiger partial charge in [0.25, 0.3) is 6.29 Å². The first-order valence-corrected chi connectivity index (χ1v) is 32.0. The highest BCUT2D eigenvalue weighted by Crippen LogP contribution is 2.18. The second-order valence-corrected chi connectivity index (χ2v) is 22.7. The number of rotatable bonds is 59. The molecule has 0 aromatic carbocycles. The van der Waals surface area contributed by atoms with Gasteiger partial charge in [-0.05, 0) is 57.8 Å². The molecule has 0 amide bonds. The lowest BCUT2D eigenvalue weighted by molar-refractivity contribution is -0.870. The van der Waals surface area contributed by atoms with Crippen molar-refractivity contribution in [3.63, 3.8) is 0 Å². The molecule has 2 unspecified atom stereocenters. The summed E-state index contributed by atoms with van der Waals surface area (Å²) < 4.78 is 22.9. The standard InChI is InChI=1S/C67H121NO8/c1-6-8-10-12-14-16-18-20-22-24-26-28-29-30-31-32-33-34-35-36-37-38-40-42-44-46-48-50-52-54-56-58-65(70)76-63(62-75-67(66(71)72)73-60-59-68(3,4)5)61-74-64(69)57-55-53-51-49-47-45-43-41-39-27-25-23-21-19-17-15-13-11-9-7-2/h8,10,14,16,20,22,26,28,30-31,63,67H,6-7,9,11-13,15,17-19,21,23-25,27,29,32-62H2,1-5H3/p+1/b10-8-,16-14-,22-20-,28-26-,31-30-. The van der Waals surface area contributed by atoms with Crippen LogP contribution in [0.2, 0.25) is 0 Å². The monoisotopic (exact) mass is 1070 g/mol. The topological polar surface area (TPSA) is 108 Å². The number of quaternary nitrogens is 1. The Bertz CT molecular complexity index is 1430. The molecular weight excluding hydrogens is 947 g/mol. The summed E-state index contributed by atoms with van der Waals surface area (Å²) >= 11 is 0. The average molecular weight is 1070 g/mol. The van der Waals surface area contributed by atoms with Crippen molar-refractivity contribution in [1.29, 1.82) is 0 Å². The highest BCUT2D eigenvalue weighted by Gasteiger charge is 2.25. The van der Waals surface area contributed by atoms with Crippen LogP contribution in [0.4, 0.5) is 0 Å². The molecule has 0 bridgehead atoms. The Morgan fingerprint density at radius 1 is 0.408 bits per heavy atom. The van der Waals surface area contributed by atoms with Crippen molar-refractivity contribution in [1.82, 2.24) is 0 Å². The number of hydrogen-bond acceptors (Lipinski definition) is 7. The second kappa shape index (κ2) is 58.1. The van der Waals surface area contributed by atoms with Crippen LogP contribution in [0.1, 0.15) is 290 Å². The number of carboxylic acid groups (broad SMARTS) is 1. The fourth-order valence-electron chi connectivity index (χ4n) is 9.16. The van der Waals surface area contributed by atoms with Crippen LogP contribution in [-0.4, -0.2) is 87.4 Å². The van der Waals surface area contributed by atoms with Crippen molar-refractivity contribution >= 4 is 17.9 Å². The Hall–Kier alpha value is -3.01. The third-order valence-electron chi connectivity index (χ3n) is 14.0. The fourth-order valence-corrected chi connectivity index (χ4v) is 9.16. The lowest BCUT2D eigenvalue weighted by atomic mass is 10.0. The van der Waals surface area contributed by atoms with Crippen LogP contribution in [0.25, 0.3) is 0 Å². The summed E-state index contributed by atoms with van der Waals surface area (Å²) in [5.74, 6) is -1.99. The summed E-state index contributed by atoms with van der Waals surface area (Å²) in [5.41, 5.74) is 0. The van der Waals surface area contributed by atoms with Gasteiger partial charge in [-0.2, -0.15) is 0 Å². The molecule has 0 aromatic rings. The van der Waals surface area contributed by atoms with Gasteiger partial charge >= 0.3 is 17.9 Å². The fraction of sp³-hybridized carbons (Fsp3) is 0.806. The third kappa shape index (κ3) is 58.7. The van der Waals surface area contributed by atoms with Crippen molar-refractivity contribution in [3.8, 4) is 0 Å². The molecule has 0 heterocycles. The molecule has 0 radical (unpaired) electrons. The Morgan fingerprint density at radius 2 is 0.750 bits per heavy atom. The van der Waals surface area contributed by atoms with Gasteiger partial charge in [0.05, 0.1) is 34.4 Å². The van der Waals surface area contributed by atoms with Gasteiger partial charge in [0.1, 0.15) is 13.2 Å². The number of carbonyl (C=O) groups is 3. The summed E-state index contributed by atoms with van der Waals surface area (Å²) in [7, 11) is 5.98. The largest absolute Gasteiger partial charge is 0.477 e. The number of esters is 2. The van der Waals surface area contributed by atoms with Crippen LogP contribution in [0.3, 0.4) is 0 Å². The van der Waals surface area contributed by atoms with Gasteiger partial charge in [-0.25, -0.2) is 4.79 Å². The molecule has 9 nitrogen and oxygen atoms in total. The lowest BCUT2D eigenvalue weighted by Crippen LogP contribution is -2.40. The molecule has 2 atom stereocenters. The molecule has 0 rings (SSSR count). The third-order valence-corrected chi connectivity index (χ3v) is 14.0. The number of carbonyl (C=O) groups excluding carboxylic acids is 2. The van der Waals surface area contributed by atoms with Crippen molar-refractivity contribution in [3.05, 3.63) is 60.8 Å². The molecule has 0 spiro atoms. The molecule has 9 heteroatoms. The Labute approximate surface area is 469 Å². The zero-order valence-corrected chi connectivity index (χ0v) is 50.4. The minimum Gasteiger partial charge on any atom is -0.477 e. The predicted molar refractivity (Wildman–Crippen MR) is 323 cm³/mol. The highest BCUT2D eigenvalue weighted by molar-refractivity contribution is 5.71. The van der Waals surface area contributed by atoms with E-state index in [9.17, 15) is 19.5 Å². The molecule has 0 saturated carbocycles. The summed E-state index contributed by atoms with van der Waals surface area (Å²) in [4.78, 5) is 37.5. The van der Waals surface area contributed by atoms with Crippen molar-refractivity contribution in [2.45, 2.75) is 302 Å². The van der Waals surface area contributed by atoms with Crippen LogP contribution in [-0.2, 0) is 33.3 Å². The van der Waals surface area contributed by atoms with E-state index < -0.39 is 24.3 Å². The molecule has 1 N–H and O–H groups in total. The van der Waals surface area contributed by atoms with E-state index in [0.29, 0.717) is 17.4 Å². The molecule has 0 aromatic heterocycles. The maximum Gasteiger partial charge on any atom is 0.361 e. The van der Waals surface area contributed by atoms with E-state index in [4.69, 9.17) is 18.9 Å². The van der Waals surface area contributed by atoms with Crippen LogP contribution in [0, 0.1) is 0 Å². The van der Waals surface area contributed by atoms with E-state index in [2.05, 4.69) is 74.6 Å².